The lowest BCUT2D eigenvalue weighted by molar-refractivity contribution is -0.161. The van der Waals surface area contributed by atoms with Crippen LogP contribution in [0, 0.1) is 0 Å². The van der Waals surface area contributed by atoms with Gasteiger partial charge in [-0.1, -0.05) is 293 Å². The number of carbonyl (C=O) groups excluding carboxylic acids is 4. The molecule has 17 nitrogen and oxygen atoms in total. The third-order valence-corrected chi connectivity index (χ3v) is 18.4. The minimum absolute atomic E-state index is 0.0145. The van der Waals surface area contributed by atoms with Gasteiger partial charge in [0.15, 0.2) is 12.2 Å². The van der Waals surface area contributed by atoms with Gasteiger partial charge in [-0.15, -0.1) is 0 Å². The van der Waals surface area contributed by atoms with E-state index in [1.807, 2.05) is 36.5 Å². The summed E-state index contributed by atoms with van der Waals surface area (Å²) in [5.41, 5.74) is 0. The highest BCUT2D eigenvalue weighted by Crippen LogP contribution is 2.45. The zero-order chi connectivity index (χ0) is 80.3. The first kappa shape index (κ1) is 104. The fraction of sp³-hybridized carbons (Fsp3) is 0.604. The predicted molar refractivity (Wildman–Crippen MR) is 454 cm³/mol. The predicted octanol–water partition coefficient (Wildman–Crippen LogP) is 24.9. The van der Waals surface area contributed by atoms with Crippen LogP contribution in [0.15, 0.2) is 194 Å². The second-order valence-electron chi connectivity index (χ2n) is 27.0. The summed E-state index contributed by atoms with van der Waals surface area (Å²) in [6.45, 7) is 4.45. The fourth-order valence-corrected chi connectivity index (χ4v) is 11.8. The molecule has 0 spiro atoms. The first-order valence-electron chi connectivity index (χ1n) is 41.7. The van der Waals surface area contributed by atoms with Gasteiger partial charge in [0.05, 0.1) is 26.4 Å². The van der Waals surface area contributed by atoms with E-state index in [9.17, 15) is 43.2 Å². The van der Waals surface area contributed by atoms with E-state index in [0.717, 1.165) is 141 Å². The molecule has 622 valence electrons. The summed E-state index contributed by atoms with van der Waals surface area (Å²) in [5.74, 6) is -2.43. The topological polar surface area (TPSA) is 237 Å². The highest BCUT2D eigenvalue weighted by Gasteiger charge is 2.30. The van der Waals surface area contributed by atoms with Crippen LogP contribution in [0.5, 0.6) is 0 Å². The normalized spacial score (nSPS) is 14.8. The Morgan fingerprint density at radius 2 is 0.491 bits per heavy atom. The van der Waals surface area contributed by atoms with Gasteiger partial charge < -0.3 is 33.8 Å². The van der Waals surface area contributed by atoms with Gasteiger partial charge in [-0.2, -0.15) is 0 Å². The van der Waals surface area contributed by atoms with Crippen molar-refractivity contribution < 1.29 is 80.2 Å². The average molecular weight is 1570 g/mol. The van der Waals surface area contributed by atoms with Crippen LogP contribution in [-0.4, -0.2) is 96.7 Å². The summed E-state index contributed by atoms with van der Waals surface area (Å²) in [4.78, 5) is 73.1. The molecule has 0 aromatic carbocycles. The Kier molecular flexibility index (Phi) is 76.4. The molecule has 0 saturated heterocycles. The first-order valence-corrected chi connectivity index (χ1v) is 44.7. The van der Waals surface area contributed by atoms with Crippen molar-refractivity contribution in [3.05, 3.63) is 194 Å². The smallest absolute Gasteiger partial charge is 0.462 e. The third kappa shape index (κ3) is 80.0. The third-order valence-electron chi connectivity index (χ3n) is 16.5. The minimum atomic E-state index is -5.03. The van der Waals surface area contributed by atoms with Crippen LogP contribution in [0.4, 0.5) is 0 Å². The van der Waals surface area contributed by atoms with Gasteiger partial charge in [0.2, 0.25) is 0 Å². The minimum Gasteiger partial charge on any atom is -0.462 e. The summed E-state index contributed by atoms with van der Waals surface area (Å²) in [6, 6.07) is 0. The van der Waals surface area contributed by atoms with E-state index in [2.05, 4.69) is 186 Å². The molecule has 0 aromatic rings. The lowest BCUT2D eigenvalue weighted by Crippen LogP contribution is -2.30. The van der Waals surface area contributed by atoms with Crippen molar-refractivity contribution in [2.24, 2.45) is 0 Å². The van der Waals surface area contributed by atoms with E-state index >= 15 is 0 Å². The second kappa shape index (κ2) is 80.9. The maximum absolute atomic E-state index is 13.1. The molecule has 0 fully saturated rings. The number of hydrogen-bond donors (Lipinski definition) is 3. The van der Waals surface area contributed by atoms with E-state index in [-0.39, 0.29) is 25.7 Å². The number of phosphoric acid groups is 2. The van der Waals surface area contributed by atoms with Crippen LogP contribution < -0.4 is 0 Å². The van der Waals surface area contributed by atoms with Crippen molar-refractivity contribution in [1.29, 1.82) is 0 Å². The van der Waals surface area contributed by atoms with E-state index in [0.29, 0.717) is 38.5 Å². The number of phosphoric ester groups is 2. The Balaban J connectivity index is 5.55. The number of unbranched alkanes of at least 4 members (excludes halogenated alkanes) is 18. The van der Waals surface area contributed by atoms with Crippen molar-refractivity contribution in [1.82, 2.24) is 0 Å². The molecular weight excluding hydrogens is 1430 g/mol. The van der Waals surface area contributed by atoms with Crippen molar-refractivity contribution in [2.75, 3.05) is 39.6 Å². The Labute approximate surface area is 666 Å². The van der Waals surface area contributed by atoms with E-state index < -0.39 is 97.5 Å². The van der Waals surface area contributed by atoms with Crippen LogP contribution in [0.2, 0.25) is 0 Å². The van der Waals surface area contributed by atoms with Crippen LogP contribution >= 0.6 is 15.6 Å². The maximum Gasteiger partial charge on any atom is 0.472 e. The molecule has 0 aliphatic heterocycles. The summed E-state index contributed by atoms with van der Waals surface area (Å²) in [7, 11) is -10.0. The van der Waals surface area contributed by atoms with Gasteiger partial charge in [-0.25, -0.2) is 9.13 Å². The van der Waals surface area contributed by atoms with E-state index in [1.165, 1.54) is 64.2 Å². The van der Waals surface area contributed by atoms with Crippen LogP contribution in [0.25, 0.3) is 0 Å². The largest absolute Gasteiger partial charge is 0.472 e. The maximum atomic E-state index is 13.1. The number of rotatable bonds is 76. The summed E-state index contributed by atoms with van der Waals surface area (Å²) in [6.07, 6.45) is 100. The molecule has 2 unspecified atom stereocenters. The number of esters is 4. The molecule has 0 aliphatic carbocycles. The Hall–Kier alpha value is -6.10. The van der Waals surface area contributed by atoms with Crippen molar-refractivity contribution in [2.45, 2.75) is 316 Å². The summed E-state index contributed by atoms with van der Waals surface area (Å²) in [5, 5.41) is 10.7. The lowest BCUT2D eigenvalue weighted by Gasteiger charge is -2.21. The Morgan fingerprint density at radius 3 is 0.836 bits per heavy atom. The molecule has 0 bridgehead atoms. The van der Waals surface area contributed by atoms with Crippen LogP contribution in [0.3, 0.4) is 0 Å². The second-order valence-corrected chi connectivity index (χ2v) is 29.9. The van der Waals surface area contributed by atoms with Crippen LogP contribution in [0.1, 0.15) is 297 Å². The Bertz CT molecular complexity index is 2850. The molecular formula is C91H146O17P2. The van der Waals surface area contributed by atoms with Gasteiger partial charge in [0.1, 0.15) is 19.3 Å². The fourth-order valence-electron chi connectivity index (χ4n) is 10.2. The molecule has 0 aliphatic rings. The van der Waals surface area contributed by atoms with Gasteiger partial charge in [0.25, 0.3) is 0 Å². The monoisotopic (exact) mass is 1570 g/mol. The van der Waals surface area contributed by atoms with Gasteiger partial charge in [-0.3, -0.25) is 37.3 Å². The zero-order valence-corrected chi connectivity index (χ0v) is 69.9. The molecule has 0 heterocycles. The van der Waals surface area contributed by atoms with Crippen molar-refractivity contribution in [3.63, 3.8) is 0 Å². The molecule has 0 saturated carbocycles. The SMILES string of the molecule is CC/C=C\C/C=C\C/C=C\C/C=C\C/C=C\CCCCCC(=O)OC[C@H](COP(=O)(O)OC[C@@H](O)COP(=O)(O)OC[C@@H](COC(=O)CC/C=C\C/C=C\C/C=C\C/C=C\C/C=C\CCCCC)OC(=O)CC/C=C\C/C=C\C/C=C\C/C=C\C/C=C\CCCCC)OC(=O)CCCCCCC/C=C\CCCCCC. The number of hydrogen-bond acceptors (Lipinski definition) is 15. The number of ether oxygens (including phenoxy) is 4. The van der Waals surface area contributed by atoms with Crippen molar-refractivity contribution >= 4 is 39.5 Å². The van der Waals surface area contributed by atoms with Crippen molar-refractivity contribution in [3.8, 4) is 0 Å². The Morgan fingerprint density at radius 1 is 0.264 bits per heavy atom. The molecule has 3 N–H and O–H groups in total. The number of allylic oxidation sites excluding steroid dienone is 32. The molecule has 19 heteroatoms. The molecule has 5 atom stereocenters. The standard InChI is InChI=1S/C91H146O17P2/c1-5-9-13-17-21-25-29-33-36-39-42-45-48-52-55-59-63-67-71-75-88(93)101-81-86(107-90(95)77-73-69-65-61-57-51-32-28-24-20-16-12-8-4)83-105-109(97,98)103-79-85(92)80-104-110(99,100)106-84-87(108-91(96)78-74-70-66-62-58-54-50-47-44-41-38-35-31-27-23-19-15-11-7-3)82-102-89(94)76-72-68-64-60-56-53-49-46-43-40-37-34-30-26-22-18-14-10-6-2/h9,13,21-23,25-28,32-38,42-47,52-56,58,64,66,68,70,85-87,92H,5-8,10-12,14-20,24,29-31,39-41,48-51,57,59-63,65,67,69,71-84H2,1-4H3,(H,97,98)(H,99,100)/b13-9-,25-21-,26-22-,27-23-,32-28-,36-33-,37-34-,38-35-,45-42-,46-43-,47-44-,55-52-,56-53-,58-54-,68-64-,70-66-/t85-,86-,87-/m1/s1. The summed E-state index contributed by atoms with van der Waals surface area (Å²) < 4.78 is 68.5. The molecule has 110 heavy (non-hydrogen) atoms. The van der Waals surface area contributed by atoms with Gasteiger partial charge in [0, 0.05) is 25.7 Å². The number of carbonyl (C=O) groups is 4. The quantitative estimate of drug-likeness (QED) is 0.0169. The highest BCUT2D eigenvalue weighted by molar-refractivity contribution is 7.47. The van der Waals surface area contributed by atoms with Crippen LogP contribution in [-0.2, 0) is 65.4 Å². The molecule has 0 amide bonds. The highest BCUT2D eigenvalue weighted by atomic mass is 31.2. The first-order chi connectivity index (χ1) is 53.7. The van der Waals surface area contributed by atoms with Gasteiger partial charge >= 0.3 is 39.5 Å². The zero-order valence-electron chi connectivity index (χ0n) is 68.1. The van der Waals surface area contributed by atoms with Gasteiger partial charge in [-0.05, 0) is 173 Å². The lowest BCUT2D eigenvalue weighted by atomic mass is 10.1. The van der Waals surface area contributed by atoms with E-state index in [1.54, 1.807) is 0 Å². The summed E-state index contributed by atoms with van der Waals surface area (Å²) >= 11 is 0. The number of aliphatic hydroxyl groups is 1. The molecule has 0 aromatic heterocycles. The average Bonchev–Trinajstić information content (AvgIpc) is 0.942. The van der Waals surface area contributed by atoms with E-state index in [4.69, 9.17) is 37.0 Å². The number of aliphatic hydroxyl groups excluding tert-OH is 1. The molecule has 0 radical (unpaired) electrons. The molecule has 0 rings (SSSR count).